The maximum Gasteiger partial charge on any atom is 0.245 e. The number of nitrogens with zero attached hydrogens (tertiary/aromatic N) is 3. The summed E-state index contributed by atoms with van der Waals surface area (Å²) in [7, 11) is 0.292. The van der Waals surface area contributed by atoms with E-state index >= 15 is 0 Å². The number of nitrogens with one attached hydrogen (secondary N) is 1. The first-order chi connectivity index (χ1) is 9.01. The largest absolute Gasteiger partial charge is 0.302 e. The molecule has 0 spiro atoms. The Kier molecular flexibility index (Phi) is 4.59. The van der Waals surface area contributed by atoms with Gasteiger partial charge in [-0.05, 0) is 19.9 Å². The van der Waals surface area contributed by atoms with Crippen molar-refractivity contribution in [1.82, 2.24) is 19.4 Å². The van der Waals surface area contributed by atoms with E-state index in [9.17, 15) is 8.42 Å². The molecule has 0 bridgehead atoms. The summed E-state index contributed by atoms with van der Waals surface area (Å²) in [6, 6.07) is 0.616. The van der Waals surface area contributed by atoms with Crippen LogP contribution in [-0.4, -0.2) is 61.0 Å². The smallest absolute Gasteiger partial charge is 0.245 e. The van der Waals surface area contributed by atoms with Crippen LogP contribution in [0.2, 0.25) is 0 Å². The van der Waals surface area contributed by atoms with Crippen LogP contribution in [0.4, 0.5) is 0 Å². The number of hydrogen-bond donors (Lipinski definition) is 1. The molecule has 0 aliphatic heterocycles. The third kappa shape index (κ3) is 3.34. The average molecular weight is 286 g/mol. The van der Waals surface area contributed by atoms with Crippen molar-refractivity contribution in [2.24, 2.45) is 0 Å². The minimum atomic E-state index is -3.40. The zero-order chi connectivity index (χ0) is 13.9. The molecule has 19 heavy (non-hydrogen) atoms. The lowest BCUT2D eigenvalue weighted by Crippen LogP contribution is -2.38. The highest BCUT2D eigenvalue weighted by molar-refractivity contribution is 7.89. The number of aromatic nitrogens is 2. The van der Waals surface area contributed by atoms with Crippen molar-refractivity contribution in [1.29, 1.82) is 0 Å². The van der Waals surface area contributed by atoms with E-state index < -0.39 is 10.0 Å². The maximum absolute atomic E-state index is 12.2. The quantitative estimate of drug-likeness (QED) is 0.844. The van der Waals surface area contributed by atoms with Crippen LogP contribution in [0.3, 0.4) is 0 Å². The lowest BCUT2D eigenvalue weighted by molar-refractivity contribution is 0.233. The van der Waals surface area contributed by atoms with Crippen molar-refractivity contribution >= 4 is 10.0 Å². The first-order valence-corrected chi connectivity index (χ1v) is 8.11. The fourth-order valence-electron chi connectivity index (χ4n) is 2.51. The van der Waals surface area contributed by atoms with E-state index in [-0.39, 0.29) is 4.90 Å². The van der Waals surface area contributed by atoms with Gasteiger partial charge in [0, 0.05) is 32.4 Å². The zero-order valence-electron chi connectivity index (χ0n) is 11.5. The minimum Gasteiger partial charge on any atom is -0.302 e. The van der Waals surface area contributed by atoms with Gasteiger partial charge in [-0.15, -0.1) is 0 Å². The second kappa shape index (κ2) is 6.02. The van der Waals surface area contributed by atoms with Crippen molar-refractivity contribution in [2.45, 2.75) is 36.6 Å². The summed E-state index contributed by atoms with van der Waals surface area (Å²) in [6.07, 6.45) is 7.79. The summed E-state index contributed by atoms with van der Waals surface area (Å²) in [5.41, 5.74) is 0. The predicted molar refractivity (Wildman–Crippen MR) is 73.3 cm³/mol. The SMILES string of the molecule is CN(CCN(C)S(=O)(=O)c1cn[nH]c1)C1CCCC1. The number of H-pyrrole nitrogens is 1. The van der Waals surface area contributed by atoms with E-state index in [2.05, 4.69) is 22.1 Å². The lowest BCUT2D eigenvalue weighted by Gasteiger charge is -2.26. The van der Waals surface area contributed by atoms with Crippen LogP contribution in [-0.2, 0) is 10.0 Å². The van der Waals surface area contributed by atoms with Crippen molar-refractivity contribution in [3.8, 4) is 0 Å². The fourth-order valence-corrected chi connectivity index (χ4v) is 3.58. The van der Waals surface area contributed by atoms with E-state index in [0.29, 0.717) is 12.6 Å². The molecule has 108 valence electrons. The van der Waals surface area contributed by atoms with E-state index in [1.807, 2.05) is 0 Å². The van der Waals surface area contributed by atoms with E-state index in [0.717, 1.165) is 6.54 Å². The minimum absolute atomic E-state index is 0.221. The summed E-state index contributed by atoms with van der Waals surface area (Å²) in [5.74, 6) is 0. The van der Waals surface area contributed by atoms with Crippen LogP contribution in [0.25, 0.3) is 0 Å². The molecule has 7 heteroatoms. The van der Waals surface area contributed by atoms with Gasteiger partial charge in [0.15, 0.2) is 0 Å². The Morgan fingerprint density at radius 3 is 2.58 bits per heavy atom. The second-order valence-corrected chi connectivity index (χ2v) is 7.22. The van der Waals surface area contributed by atoms with Gasteiger partial charge in [0.05, 0.1) is 6.20 Å². The summed E-state index contributed by atoms with van der Waals surface area (Å²) in [4.78, 5) is 2.49. The molecule has 0 unspecified atom stereocenters. The molecule has 0 amide bonds. The molecule has 1 aromatic heterocycles. The molecule has 1 aliphatic rings. The molecule has 1 aromatic rings. The second-order valence-electron chi connectivity index (χ2n) is 5.18. The summed E-state index contributed by atoms with van der Waals surface area (Å²) in [5, 5.41) is 6.22. The van der Waals surface area contributed by atoms with Gasteiger partial charge >= 0.3 is 0 Å². The predicted octanol–water partition coefficient (Wildman–Crippen LogP) is 0.905. The van der Waals surface area contributed by atoms with Gasteiger partial charge in [-0.2, -0.15) is 9.40 Å². The number of hydrogen-bond acceptors (Lipinski definition) is 4. The Balaban J connectivity index is 1.89. The van der Waals surface area contributed by atoms with Crippen LogP contribution in [0.5, 0.6) is 0 Å². The highest BCUT2D eigenvalue weighted by atomic mass is 32.2. The summed E-state index contributed by atoms with van der Waals surface area (Å²) >= 11 is 0. The van der Waals surface area contributed by atoms with Gasteiger partial charge in [0.25, 0.3) is 0 Å². The Morgan fingerprint density at radius 2 is 2.00 bits per heavy atom. The molecule has 1 fully saturated rings. The Labute approximate surface area is 114 Å². The molecule has 0 radical (unpaired) electrons. The Hall–Kier alpha value is -0.920. The van der Waals surface area contributed by atoms with Crippen LogP contribution in [0, 0.1) is 0 Å². The number of likely N-dealkylation sites (N-methyl/N-ethyl adjacent to an activating group) is 2. The molecule has 1 heterocycles. The monoisotopic (exact) mass is 286 g/mol. The van der Waals surface area contributed by atoms with Crippen LogP contribution >= 0.6 is 0 Å². The Bertz CT molecular complexity index is 480. The number of rotatable bonds is 6. The average Bonchev–Trinajstić information content (AvgIpc) is 3.06. The third-order valence-corrected chi connectivity index (χ3v) is 5.72. The van der Waals surface area contributed by atoms with E-state index in [1.165, 1.54) is 42.4 Å². The zero-order valence-corrected chi connectivity index (χ0v) is 12.4. The fraction of sp³-hybridized carbons (Fsp3) is 0.750. The summed E-state index contributed by atoms with van der Waals surface area (Å²) in [6.45, 7) is 1.26. The van der Waals surface area contributed by atoms with Crippen molar-refractivity contribution < 1.29 is 8.42 Å². The number of sulfonamides is 1. The molecule has 1 N–H and O–H groups in total. The van der Waals surface area contributed by atoms with Crippen LogP contribution in [0.15, 0.2) is 17.3 Å². The van der Waals surface area contributed by atoms with Gasteiger partial charge < -0.3 is 4.90 Å². The van der Waals surface area contributed by atoms with Crippen molar-refractivity contribution in [3.05, 3.63) is 12.4 Å². The topological polar surface area (TPSA) is 69.3 Å². The van der Waals surface area contributed by atoms with Crippen LogP contribution < -0.4 is 0 Å². The Morgan fingerprint density at radius 1 is 1.32 bits per heavy atom. The van der Waals surface area contributed by atoms with Gasteiger partial charge in [0.2, 0.25) is 10.0 Å². The van der Waals surface area contributed by atoms with Gasteiger partial charge in [-0.3, -0.25) is 5.10 Å². The molecule has 2 rings (SSSR count). The van der Waals surface area contributed by atoms with Gasteiger partial charge in [0.1, 0.15) is 4.90 Å². The third-order valence-electron chi connectivity index (χ3n) is 3.90. The van der Waals surface area contributed by atoms with E-state index in [1.54, 1.807) is 7.05 Å². The first kappa shape index (κ1) is 14.5. The molecule has 0 atom stereocenters. The van der Waals surface area contributed by atoms with E-state index in [4.69, 9.17) is 0 Å². The first-order valence-electron chi connectivity index (χ1n) is 6.67. The van der Waals surface area contributed by atoms with Crippen molar-refractivity contribution in [3.63, 3.8) is 0 Å². The molecule has 1 saturated carbocycles. The highest BCUT2D eigenvalue weighted by Crippen LogP contribution is 2.22. The molecule has 1 aliphatic carbocycles. The molecular formula is C12H22N4O2S. The highest BCUT2D eigenvalue weighted by Gasteiger charge is 2.24. The molecule has 0 saturated heterocycles. The van der Waals surface area contributed by atoms with Crippen molar-refractivity contribution in [2.75, 3.05) is 27.2 Å². The van der Waals surface area contributed by atoms with Gasteiger partial charge in [-0.1, -0.05) is 12.8 Å². The van der Waals surface area contributed by atoms with Gasteiger partial charge in [-0.25, -0.2) is 8.42 Å². The van der Waals surface area contributed by atoms with Crippen LogP contribution in [0.1, 0.15) is 25.7 Å². The molecule has 0 aromatic carbocycles. The maximum atomic E-state index is 12.2. The lowest BCUT2D eigenvalue weighted by atomic mass is 10.2. The molecular weight excluding hydrogens is 264 g/mol. The number of aromatic amines is 1. The molecule has 6 nitrogen and oxygen atoms in total. The normalized spacial score (nSPS) is 17.7. The summed E-state index contributed by atoms with van der Waals surface area (Å²) < 4.78 is 25.7. The standard InChI is InChI=1S/C12H22N4O2S/c1-15(11-5-3-4-6-11)7-8-16(2)19(17,18)12-9-13-14-10-12/h9-11H,3-8H2,1-2H3,(H,13,14).